The smallest absolute Gasteiger partial charge is 0.385 e. The second-order valence-electron chi connectivity index (χ2n) is 3.43. The first-order valence-electron chi connectivity index (χ1n) is 4.99. The summed E-state index contributed by atoms with van der Waals surface area (Å²) in [5.74, 6) is 2.47. The topological polar surface area (TPSA) is 12.0 Å². The van der Waals surface area contributed by atoms with E-state index in [1.165, 1.54) is 6.07 Å². The summed E-state index contributed by atoms with van der Waals surface area (Å²) in [6, 6.07) is 4.06. The predicted octanol–water partition coefficient (Wildman–Crippen LogP) is 4.29. The maximum atomic E-state index is 12.6. The standard InChI is InChI=1S/C12H11BrF3N/c1-2-3-4-7-17-9-5-6-11(13)10(8-9)12(14,15)16/h1,5-6,8,17H,3-4,7H2. The molecule has 0 radical (unpaired) electrons. The quantitative estimate of drug-likeness (QED) is 0.646. The predicted molar refractivity (Wildman–Crippen MR) is 65.7 cm³/mol. The van der Waals surface area contributed by atoms with Crippen molar-refractivity contribution in [2.24, 2.45) is 0 Å². The number of halogens is 4. The van der Waals surface area contributed by atoms with Crippen LogP contribution in [0.1, 0.15) is 18.4 Å². The summed E-state index contributed by atoms with van der Waals surface area (Å²) >= 11 is 2.88. The van der Waals surface area contributed by atoms with E-state index in [1.807, 2.05) is 0 Å². The van der Waals surface area contributed by atoms with Crippen LogP contribution in [0, 0.1) is 12.3 Å². The highest BCUT2D eigenvalue weighted by atomic mass is 79.9. The Bertz CT molecular complexity index is 421. The lowest BCUT2D eigenvalue weighted by Gasteiger charge is -2.12. The Balaban J connectivity index is 2.73. The molecular weight excluding hydrogens is 295 g/mol. The summed E-state index contributed by atoms with van der Waals surface area (Å²) in [5.41, 5.74) is -0.239. The van der Waals surface area contributed by atoms with Crippen LogP contribution in [0.15, 0.2) is 22.7 Å². The van der Waals surface area contributed by atoms with Crippen LogP contribution in [0.3, 0.4) is 0 Å². The molecule has 0 aliphatic rings. The number of hydrogen-bond donors (Lipinski definition) is 1. The van der Waals surface area contributed by atoms with Gasteiger partial charge in [0.1, 0.15) is 0 Å². The van der Waals surface area contributed by atoms with E-state index in [0.717, 1.165) is 12.5 Å². The molecule has 0 aliphatic carbocycles. The highest BCUT2D eigenvalue weighted by Crippen LogP contribution is 2.36. The van der Waals surface area contributed by atoms with Crippen molar-refractivity contribution < 1.29 is 13.2 Å². The fourth-order valence-corrected chi connectivity index (χ4v) is 1.75. The van der Waals surface area contributed by atoms with Crippen LogP contribution in [0.25, 0.3) is 0 Å². The summed E-state index contributed by atoms with van der Waals surface area (Å²) in [6.45, 7) is 0.559. The van der Waals surface area contributed by atoms with Crippen molar-refractivity contribution in [1.82, 2.24) is 0 Å². The Morgan fingerprint density at radius 3 is 2.65 bits per heavy atom. The molecule has 92 valence electrons. The number of rotatable bonds is 4. The van der Waals surface area contributed by atoms with Crippen molar-refractivity contribution in [1.29, 1.82) is 0 Å². The second kappa shape index (κ2) is 5.97. The van der Waals surface area contributed by atoms with Gasteiger partial charge in [-0.2, -0.15) is 13.2 Å². The van der Waals surface area contributed by atoms with Crippen molar-refractivity contribution >= 4 is 21.6 Å². The van der Waals surface area contributed by atoms with E-state index >= 15 is 0 Å². The van der Waals surface area contributed by atoms with Gasteiger partial charge in [-0.1, -0.05) is 15.9 Å². The van der Waals surface area contributed by atoms with E-state index in [2.05, 4.69) is 27.2 Å². The fourth-order valence-electron chi connectivity index (χ4n) is 1.28. The lowest BCUT2D eigenvalue weighted by Crippen LogP contribution is -2.08. The average molecular weight is 306 g/mol. The lowest BCUT2D eigenvalue weighted by atomic mass is 10.2. The van der Waals surface area contributed by atoms with E-state index in [0.29, 0.717) is 18.7 Å². The molecule has 0 saturated heterocycles. The highest BCUT2D eigenvalue weighted by molar-refractivity contribution is 9.10. The molecule has 0 unspecified atom stereocenters. The molecule has 0 saturated carbocycles. The minimum Gasteiger partial charge on any atom is -0.385 e. The number of unbranched alkanes of at least 4 members (excludes halogenated alkanes) is 1. The van der Waals surface area contributed by atoms with E-state index in [-0.39, 0.29) is 4.47 Å². The van der Waals surface area contributed by atoms with Crippen molar-refractivity contribution in [2.75, 3.05) is 11.9 Å². The van der Waals surface area contributed by atoms with Crippen molar-refractivity contribution in [3.05, 3.63) is 28.2 Å². The van der Waals surface area contributed by atoms with Crippen LogP contribution in [0.2, 0.25) is 0 Å². The van der Waals surface area contributed by atoms with Crippen LogP contribution in [0.5, 0.6) is 0 Å². The zero-order chi connectivity index (χ0) is 12.9. The van der Waals surface area contributed by atoms with Gasteiger partial charge < -0.3 is 5.32 Å². The van der Waals surface area contributed by atoms with Crippen molar-refractivity contribution in [3.8, 4) is 12.3 Å². The average Bonchev–Trinajstić information content (AvgIpc) is 2.25. The van der Waals surface area contributed by atoms with E-state index in [9.17, 15) is 13.2 Å². The van der Waals surface area contributed by atoms with Gasteiger partial charge in [0.2, 0.25) is 0 Å². The van der Waals surface area contributed by atoms with Gasteiger partial charge in [0.05, 0.1) is 5.56 Å². The molecule has 17 heavy (non-hydrogen) atoms. The van der Waals surface area contributed by atoms with Gasteiger partial charge in [0.25, 0.3) is 0 Å². The first-order valence-corrected chi connectivity index (χ1v) is 5.78. The number of hydrogen-bond acceptors (Lipinski definition) is 1. The maximum absolute atomic E-state index is 12.6. The minimum absolute atomic E-state index is 0.0409. The van der Waals surface area contributed by atoms with Crippen LogP contribution >= 0.6 is 15.9 Å². The van der Waals surface area contributed by atoms with E-state index in [4.69, 9.17) is 6.42 Å². The SMILES string of the molecule is C#CCCCNc1ccc(Br)c(C(F)(F)F)c1. The summed E-state index contributed by atoms with van der Waals surface area (Å²) < 4.78 is 37.8. The zero-order valence-corrected chi connectivity index (χ0v) is 10.5. The molecule has 0 heterocycles. The third-order valence-electron chi connectivity index (χ3n) is 2.10. The minimum atomic E-state index is -4.35. The van der Waals surface area contributed by atoms with Gasteiger partial charge in [0, 0.05) is 23.1 Å². The molecule has 1 nitrogen and oxygen atoms in total. The van der Waals surface area contributed by atoms with Gasteiger partial charge >= 0.3 is 6.18 Å². The zero-order valence-electron chi connectivity index (χ0n) is 8.94. The van der Waals surface area contributed by atoms with Gasteiger partial charge in [-0.3, -0.25) is 0 Å². The maximum Gasteiger partial charge on any atom is 0.417 e. The third-order valence-corrected chi connectivity index (χ3v) is 2.79. The number of terminal acetylenes is 1. The number of benzene rings is 1. The van der Waals surface area contributed by atoms with E-state index in [1.54, 1.807) is 6.07 Å². The summed E-state index contributed by atoms with van der Waals surface area (Å²) in [6.07, 6.45) is 2.06. The Hall–Kier alpha value is -1.15. The highest BCUT2D eigenvalue weighted by Gasteiger charge is 2.33. The van der Waals surface area contributed by atoms with Gasteiger partial charge in [0.15, 0.2) is 0 Å². The fraction of sp³-hybridized carbons (Fsp3) is 0.333. The summed E-state index contributed by atoms with van der Waals surface area (Å²) in [4.78, 5) is 0. The number of anilines is 1. The van der Waals surface area contributed by atoms with Gasteiger partial charge in [-0.15, -0.1) is 12.3 Å². The Kier molecular flexibility index (Phi) is 4.88. The monoisotopic (exact) mass is 305 g/mol. The largest absolute Gasteiger partial charge is 0.417 e. The van der Waals surface area contributed by atoms with Crippen LogP contribution in [0.4, 0.5) is 18.9 Å². The molecule has 0 aromatic heterocycles. The Morgan fingerprint density at radius 2 is 2.06 bits per heavy atom. The van der Waals surface area contributed by atoms with E-state index < -0.39 is 11.7 Å². The van der Waals surface area contributed by atoms with Gasteiger partial charge in [-0.05, 0) is 24.6 Å². The molecular formula is C12H11BrF3N. The molecule has 1 aromatic carbocycles. The van der Waals surface area contributed by atoms with Crippen LogP contribution in [-0.4, -0.2) is 6.54 Å². The molecule has 1 rings (SSSR count). The normalized spacial score (nSPS) is 11.0. The molecule has 5 heteroatoms. The Morgan fingerprint density at radius 1 is 1.35 bits per heavy atom. The number of alkyl halides is 3. The molecule has 0 spiro atoms. The molecule has 1 aromatic rings. The molecule has 0 atom stereocenters. The second-order valence-corrected chi connectivity index (χ2v) is 4.28. The molecule has 0 fully saturated rings. The van der Waals surface area contributed by atoms with Gasteiger partial charge in [-0.25, -0.2) is 0 Å². The lowest BCUT2D eigenvalue weighted by molar-refractivity contribution is -0.138. The molecule has 1 N–H and O–H groups in total. The molecule has 0 bridgehead atoms. The van der Waals surface area contributed by atoms with Crippen LogP contribution < -0.4 is 5.32 Å². The summed E-state index contributed by atoms with van der Waals surface area (Å²) in [5, 5.41) is 2.90. The molecule has 0 amide bonds. The first kappa shape index (κ1) is 13.9. The van der Waals surface area contributed by atoms with Crippen LogP contribution in [-0.2, 0) is 6.18 Å². The first-order chi connectivity index (χ1) is 7.95. The van der Waals surface area contributed by atoms with Crippen molar-refractivity contribution in [3.63, 3.8) is 0 Å². The summed E-state index contributed by atoms with van der Waals surface area (Å²) in [7, 11) is 0. The molecule has 0 aliphatic heterocycles. The Labute approximate surface area is 107 Å². The third kappa shape index (κ3) is 4.31. The van der Waals surface area contributed by atoms with Crippen molar-refractivity contribution in [2.45, 2.75) is 19.0 Å². The number of nitrogens with one attached hydrogen (secondary N) is 1.